The summed E-state index contributed by atoms with van der Waals surface area (Å²) < 4.78 is 0. The standard InChI is InChI=1S/C18H22N2O3/c21-16(20-23)14-1-3-15(4-2-14)19-17(22)18-8-11-5-12(9-18)7-13(6-11)10-18/h1-4,11-13,23H,5-10H2,(H,19,22)(H,20,21). The number of amides is 2. The zero-order valence-electron chi connectivity index (χ0n) is 13.0. The van der Waals surface area contributed by atoms with Gasteiger partial charge >= 0.3 is 0 Å². The Kier molecular flexibility index (Phi) is 3.41. The van der Waals surface area contributed by atoms with Crippen molar-refractivity contribution in [2.75, 3.05) is 5.32 Å². The van der Waals surface area contributed by atoms with E-state index in [2.05, 4.69) is 5.32 Å². The molecule has 0 aromatic heterocycles. The van der Waals surface area contributed by atoms with Crippen molar-refractivity contribution in [3.05, 3.63) is 29.8 Å². The predicted molar refractivity (Wildman–Crippen MR) is 84.9 cm³/mol. The quantitative estimate of drug-likeness (QED) is 0.593. The molecule has 5 nitrogen and oxygen atoms in total. The molecular weight excluding hydrogens is 292 g/mol. The first-order valence-electron chi connectivity index (χ1n) is 8.44. The molecule has 0 heterocycles. The molecule has 0 unspecified atom stereocenters. The molecule has 23 heavy (non-hydrogen) atoms. The first kappa shape index (κ1) is 14.7. The van der Waals surface area contributed by atoms with Gasteiger partial charge in [0.2, 0.25) is 5.91 Å². The lowest BCUT2D eigenvalue weighted by Crippen LogP contribution is -2.51. The van der Waals surface area contributed by atoms with Crippen LogP contribution in [0.3, 0.4) is 0 Å². The van der Waals surface area contributed by atoms with Crippen LogP contribution in [0, 0.1) is 23.2 Å². The van der Waals surface area contributed by atoms with E-state index in [0.717, 1.165) is 37.0 Å². The first-order chi connectivity index (χ1) is 11.1. The van der Waals surface area contributed by atoms with Crippen LogP contribution in [-0.2, 0) is 4.79 Å². The summed E-state index contributed by atoms with van der Waals surface area (Å²) in [7, 11) is 0. The van der Waals surface area contributed by atoms with Crippen LogP contribution in [0.2, 0.25) is 0 Å². The van der Waals surface area contributed by atoms with Crippen LogP contribution in [0.1, 0.15) is 48.9 Å². The molecule has 1 aromatic rings. The van der Waals surface area contributed by atoms with Gasteiger partial charge in [-0.15, -0.1) is 0 Å². The highest BCUT2D eigenvalue weighted by Crippen LogP contribution is 2.60. The summed E-state index contributed by atoms with van der Waals surface area (Å²) in [6.07, 6.45) is 7.06. The highest BCUT2D eigenvalue weighted by molar-refractivity contribution is 5.97. The minimum atomic E-state index is -0.552. The number of carbonyl (C=O) groups is 2. The topological polar surface area (TPSA) is 78.4 Å². The van der Waals surface area contributed by atoms with Gasteiger partial charge in [0.15, 0.2) is 0 Å². The summed E-state index contributed by atoms with van der Waals surface area (Å²) in [6, 6.07) is 6.62. The van der Waals surface area contributed by atoms with Gasteiger partial charge in [0.25, 0.3) is 5.91 Å². The second kappa shape index (κ2) is 5.34. The zero-order valence-corrected chi connectivity index (χ0v) is 13.0. The lowest BCUT2D eigenvalue weighted by molar-refractivity contribution is -0.140. The summed E-state index contributed by atoms with van der Waals surface area (Å²) in [5.74, 6) is 1.81. The van der Waals surface area contributed by atoms with Crippen molar-refractivity contribution < 1.29 is 14.8 Å². The maximum absolute atomic E-state index is 12.9. The Morgan fingerprint density at radius 3 is 1.96 bits per heavy atom. The van der Waals surface area contributed by atoms with Gasteiger partial charge in [-0.1, -0.05) is 0 Å². The fraction of sp³-hybridized carbons (Fsp3) is 0.556. The molecule has 4 aliphatic rings. The smallest absolute Gasteiger partial charge is 0.274 e. The van der Waals surface area contributed by atoms with Crippen molar-refractivity contribution in [3.63, 3.8) is 0 Å². The van der Waals surface area contributed by atoms with Gasteiger partial charge in [-0.2, -0.15) is 0 Å². The van der Waals surface area contributed by atoms with E-state index in [4.69, 9.17) is 5.21 Å². The van der Waals surface area contributed by atoms with Crippen LogP contribution in [-0.4, -0.2) is 17.0 Å². The number of carbonyl (C=O) groups excluding carboxylic acids is 2. The number of nitrogens with one attached hydrogen (secondary N) is 2. The van der Waals surface area contributed by atoms with E-state index in [1.807, 2.05) is 0 Å². The lowest BCUT2D eigenvalue weighted by atomic mass is 9.49. The third kappa shape index (κ3) is 2.53. The SMILES string of the molecule is O=C(NO)c1ccc(NC(=O)C23CC4CC(CC(C4)C2)C3)cc1. The molecule has 4 aliphatic carbocycles. The first-order valence-corrected chi connectivity index (χ1v) is 8.44. The molecule has 2 amide bonds. The van der Waals surface area contributed by atoms with Crippen LogP contribution >= 0.6 is 0 Å². The maximum atomic E-state index is 12.9. The highest BCUT2D eigenvalue weighted by atomic mass is 16.5. The molecule has 0 aliphatic heterocycles. The molecule has 0 saturated heterocycles. The summed E-state index contributed by atoms with van der Waals surface area (Å²) in [6.45, 7) is 0. The summed E-state index contributed by atoms with van der Waals surface area (Å²) in [5.41, 5.74) is 2.50. The Bertz CT molecular complexity index is 603. The molecule has 0 radical (unpaired) electrons. The monoisotopic (exact) mass is 314 g/mol. The molecule has 122 valence electrons. The van der Waals surface area contributed by atoms with E-state index in [1.165, 1.54) is 19.3 Å². The van der Waals surface area contributed by atoms with Gasteiger partial charge in [0, 0.05) is 11.3 Å². The van der Waals surface area contributed by atoms with Gasteiger partial charge in [0.1, 0.15) is 0 Å². The van der Waals surface area contributed by atoms with Crippen LogP contribution in [0.25, 0.3) is 0 Å². The number of rotatable bonds is 3. The second-order valence-corrected chi connectivity index (χ2v) is 7.67. The number of hydrogen-bond acceptors (Lipinski definition) is 3. The lowest BCUT2D eigenvalue weighted by Gasteiger charge is -2.55. The van der Waals surface area contributed by atoms with Crippen molar-refractivity contribution in [1.29, 1.82) is 0 Å². The van der Waals surface area contributed by atoms with Gasteiger partial charge in [-0.05, 0) is 80.5 Å². The normalized spacial score (nSPS) is 34.2. The predicted octanol–water partition coefficient (Wildman–Crippen LogP) is 2.96. The summed E-state index contributed by atoms with van der Waals surface area (Å²) >= 11 is 0. The van der Waals surface area contributed by atoms with E-state index in [0.29, 0.717) is 11.3 Å². The van der Waals surface area contributed by atoms with Gasteiger partial charge in [-0.3, -0.25) is 14.8 Å². The molecule has 3 N–H and O–H groups in total. The molecule has 4 fully saturated rings. The van der Waals surface area contributed by atoms with Crippen LogP contribution in [0.4, 0.5) is 5.69 Å². The van der Waals surface area contributed by atoms with E-state index in [-0.39, 0.29) is 11.3 Å². The Morgan fingerprint density at radius 2 is 1.48 bits per heavy atom. The largest absolute Gasteiger partial charge is 0.326 e. The zero-order chi connectivity index (χ0) is 16.0. The molecule has 4 saturated carbocycles. The highest BCUT2D eigenvalue weighted by Gasteiger charge is 2.54. The van der Waals surface area contributed by atoms with Gasteiger partial charge in [0.05, 0.1) is 5.41 Å². The summed E-state index contributed by atoms with van der Waals surface area (Å²) in [5, 5.41) is 11.7. The maximum Gasteiger partial charge on any atom is 0.274 e. The fourth-order valence-electron chi connectivity index (χ4n) is 5.42. The molecule has 0 atom stereocenters. The minimum absolute atomic E-state index is 0.149. The number of anilines is 1. The minimum Gasteiger partial charge on any atom is -0.326 e. The molecule has 1 aromatic carbocycles. The second-order valence-electron chi connectivity index (χ2n) is 7.67. The Hall–Kier alpha value is -1.88. The van der Waals surface area contributed by atoms with Crippen LogP contribution < -0.4 is 10.8 Å². The van der Waals surface area contributed by atoms with E-state index >= 15 is 0 Å². The van der Waals surface area contributed by atoms with Crippen LogP contribution in [0.5, 0.6) is 0 Å². The Morgan fingerprint density at radius 1 is 0.957 bits per heavy atom. The number of hydrogen-bond donors (Lipinski definition) is 3. The average Bonchev–Trinajstić information content (AvgIpc) is 2.53. The van der Waals surface area contributed by atoms with Crippen molar-refractivity contribution in [3.8, 4) is 0 Å². The van der Waals surface area contributed by atoms with E-state index < -0.39 is 5.91 Å². The average molecular weight is 314 g/mol. The summed E-state index contributed by atoms with van der Waals surface area (Å²) in [4.78, 5) is 24.2. The molecule has 0 spiro atoms. The van der Waals surface area contributed by atoms with E-state index in [9.17, 15) is 9.59 Å². The molecule has 5 heteroatoms. The Labute approximate surface area is 135 Å². The van der Waals surface area contributed by atoms with Crippen molar-refractivity contribution in [1.82, 2.24) is 5.48 Å². The van der Waals surface area contributed by atoms with Crippen molar-refractivity contribution in [2.24, 2.45) is 23.2 Å². The third-order valence-corrected chi connectivity index (χ3v) is 6.03. The van der Waals surface area contributed by atoms with Crippen molar-refractivity contribution in [2.45, 2.75) is 38.5 Å². The van der Waals surface area contributed by atoms with Crippen LogP contribution in [0.15, 0.2) is 24.3 Å². The third-order valence-electron chi connectivity index (χ3n) is 6.03. The fourth-order valence-corrected chi connectivity index (χ4v) is 5.42. The molecular formula is C18H22N2O3. The molecule has 5 rings (SSSR count). The number of hydroxylamine groups is 1. The van der Waals surface area contributed by atoms with Gasteiger partial charge in [-0.25, -0.2) is 5.48 Å². The van der Waals surface area contributed by atoms with Gasteiger partial charge < -0.3 is 5.32 Å². The molecule has 4 bridgehead atoms. The number of benzene rings is 1. The van der Waals surface area contributed by atoms with E-state index in [1.54, 1.807) is 29.7 Å². The Balaban J connectivity index is 1.49. The van der Waals surface area contributed by atoms with Crippen molar-refractivity contribution >= 4 is 17.5 Å².